The van der Waals surface area contributed by atoms with Crippen LogP contribution in [0.2, 0.25) is 5.02 Å². The Hall–Kier alpha value is -1.73. The molecule has 0 saturated heterocycles. The summed E-state index contributed by atoms with van der Waals surface area (Å²) in [6.45, 7) is 6.05. The molecule has 0 aromatic heterocycles. The van der Waals surface area contributed by atoms with Crippen molar-refractivity contribution in [2.24, 2.45) is 16.7 Å². The molecule has 36 heavy (non-hydrogen) atoms. The number of rotatable bonds is 8. The molecule has 5 nitrogen and oxygen atoms in total. The summed E-state index contributed by atoms with van der Waals surface area (Å²) in [7, 11) is 1.37. The number of methoxy groups -OCH3 is 1. The van der Waals surface area contributed by atoms with Crippen molar-refractivity contribution in [3.63, 3.8) is 0 Å². The van der Waals surface area contributed by atoms with Crippen molar-refractivity contribution in [1.29, 1.82) is 0 Å². The summed E-state index contributed by atoms with van der Waals surface area (Å²) in [5, 5.41) is 13.8. The first-order valence-corrected chi connectivity index (χ1v) is 13.2. The molecule has 0 spiro atoms. The van der Waals surface area contributed by atoms with E-state index in [2.05, 4.69) is 26.1 Å². The standard InChI is InChI=1S/C28H38ClF2NO4/c1-24(2,3)8-7-18-5-6-19(11-21(18)29)27(9-10-28(30,31)12-20(27)14-33)13-22(34)32-26-15-25(16-26,17-26)23(35)36-4/h5-6,11,20,33H,7-10,12-17H2,1-4H3,(H,32,34). The van der Waals surface area contributed by atoms with Crippen molar-refractivity contribution in [2.75, 3.05) is 13.7 Å². The summed E-state index contributed by atoms with van der Waals surface area (Å²) >= 11 is 6.67. The van der Waals surface area contributed by atoms with E-state index in [1.807, 2.05) is 18.2 Å². The second kappa shape index (κ2) is 9.23. The molecule has 4 aliphatic rings. The highest BCUT2D eigenvalue weighted by atomic mass is 35.5. The number of carbonyl (C=O) groups is 2. The summed E-state index contributed by atoms with van der Waals surface area (Å²) in [5.74, 6) is -4.15. The molecule has 4 aliphatic carbocycles. The first kappa shape index (κ1) is 27.3. The number of aryl methyl sites for hydroxylation is 1. The molecule has 2 atom stereocenters. The lowest BCUT2D eigenvalue weighted by Gasteiger charge is -2.68. The maximum Gasteiger partial charge on any atom is 0.312 e. The zero-order chi connectivity index (χ0) is 26.6. The van der Waals surface area contributed by atoms with E-state index in [0.717, 1.165) is 24.0 Å². The smallest absolute Gasteiger partial charge is 0.312 e. The minimum absolute atomic E-state index is 0.0149. The van der Waals surface area contributed by atoms with Crippen LogP contribution in [0, 0.1) is 16.7 Å². The average Bonchev–Trinajstić information content (AvgIpc) is 2.74. The van der Waals surface area contributed by atoms with Gasteiger partial charge >= 0.3 is 5.97 Å². The fraction of sp³-hybridized carbons (Fsp3) is 0.714. The fourth-order valence-electron chi connectivity index (χ4n) is 6.77. The van der Waals surface area contributed by atoms with Crippen LogP contribution in [0.4, 0.5) is 8.78 Å². The Morgan fingerprint density at radius 2 is 1.86 bits per heavy atom. The van der Waals surface area contributed by atoms with E-state index >= 15 is 0 Å². The molecule has 0 radical (unpaired) electrons. The second-order valence-electron chi connectivity index (χ2n) is 12.8. The molecule has 2 unspecified atom stereocenters. The minimum Gasteiger partial charge on any atom is -0.469 e. The molecule has 2 bridgehead atoms. The number of nitrogens with one attached hydrogen (secondary N) is 1. The number of esters is 1. The Bertz CT molecular complexity index is 1020. The van der Waals surface area contributed by atoms with E-state index in [1.54, 1.807) is 0 Å². The number of hydrogen-bond donors (Lipinski definition) is 2. The van der Waals surface area contributed by atoms with E-state index in [9.17, 15) is 23.5 Å². The summed E-state index contributed by atoms with van der Waals surface area (Å²) in [6.07, 6.45) is 2.61. The van der Waals surface area contributed by atoms with Gasteiger partial charge in [-0.15, -0.1) is 0 Å². The number of benzene rings is 1. The van der Waals surface area contributed by atoms with Crippen LogP contribution < -0.4 is 5.32 Å². The van der Waals surface area contributed by atoms with Crippen LogP contribution in [-0.4, -0.2) is 42.2 Å². The van der Waals surface area contributed by atoms with Gasteiger partial charge in [0.1, 0.15) is 0 Å². The van der Waals surface area contributed by atoms with Crippen molar-refractivity contribution in [2.45, 2.75) is 95.4 Å². The predicted octanol–water partition coefficient (Wildman–Crippen LogP) is 5.59. The third-order valence-electron chi connectivity index (χ3n) is 8.79. The lowest BCUT2D eigenvalue weighted by atomic mass is 9.39. The molecule has 1 amide bonds. The average molecular weight is 526 g/mol. The topological polar surface area (TPSA) is 75.6 Å². The molecule has 4 fully saturated rings. The van der Waals surface area contributed by atoms with Crippen LogP contribution in [0.1, 0.15) is 83.3 Å². The first-order valence-electron chi connectivity index (χ1n) is 12.8. The molecule has 0 aliphatic heterocycles. The molecule has 4 saturated carbocycles. The van der Waals surface area contributed by atoms with Gasteiger partial charge in [-0.25, -0.2) is 8.78 Å². The predicted molar refractivity (Wildman–Crippen MR) is 134 cm³/mol. The maximum atomic E-state index is 14.4. The number of aliphatic hydroxyl groups is 1. The molecular weight excluding hydrogens is 488 g/mol. The zero-order valence-electron chi connectivity index (χ0n) is 21.7. The minimum atomic E-state index is -2.88. The third kappa shape index (κ3) is 5.02. The van der Waals surface area contributed by atoms with Crippen molar-refractivity contribution < 1.29 is 28.2 Å². The molecule has 2 N–H and O–H groups in total. The van der Waals surface area contributed by atoms with Crippen LogP contribution in [0.15, 0.2) is 18.2 Å². The number of hydrogen-bond acceptors (Lipinski definition) is 4. The van der Waals surface area contributed by atoms with E-state index in [4.69, 9.17) is 16.3 Å². The molecule has 5 rings (SSSR count). The van der Waals surface area contributed by atoms with E-state index in [-0.39, 0.29) is 36.6 Å². The van der Waals surface area contributed by atoms with Crippen molar-refractivity contribution in [1.82, 2.24) is 5.32 Å². The van der Waals surface area contributed by atoms with E-state index < -0.39 is 41.2 Å². The van der Waals surface area contributed by atoms with Crippen LogP contribution in [0.5, 0.6) is 0 Å². The summed E-state index contributed by atoms with van der Waals surface area (Å²) in [4.78, 5) is 25.3. The van der Waals surface area contributed by atoms with Gasteiger partial charge < -0.3 is 15.2 Å². The zero-order valence-corrected chi connectivity index (χ0v) is 22.4. The van der Waals surface area contributed by atoms with Gasteiger partial charge in [-0.2, -0.15) is 0 Å². The van der Waals surface area contributed by atoms with Crippen molar-refractivity contribution in [3.05, 3.63) is 34.3 Å². The Labute approximate surface area is 217 Å². The van der Waals surface area contributed by atoms with E-state index in [0.29, 0.717) is 24.3 Å². The number of amides is 1. The van der Waals surface area contributed by atoms with Crippen LogP contribution in [0.25, 0.3) is 0 Å². The van der Waals surface area contributed by atoms with Gasteiger partial charge in [0.05, 0.1) is 12.5 Å². The van der Waals surface area contributed by atoms with Crippen LogP contribution >= 0.6 is 11.6 Å². The highest BCUT2D eigenvalue weighted by Crippen LogP contribution is 2.67. The lowest BCUT2D eigenvalue weighted by molar-refractivity contribution is -0.203. The Balaban J connectivity index is 1.56. The Kier molecular flexibility index (Phi) is 7.00. The normalized spacial score (nSPS) is 32.7. The van der Waals surface area contributed by atoms with Gasteiger partial charge in [-0.1, -0.05) is 44.5 Å². The largest absolute Gasteiger partial charge is 0.469 e. The number of ether oxygens (including phenoxy) is 1. The maximum absolute atomic E-state index is 14.4. The third-order valence-corrected chi connectivity index (χ3v) is 9.14. The number of aliphatic hydroxyl groups excluding tert-OH is 1. The monoisotopic (exact) mass is 525 g/mol. The Morgan fingerprint density at radius 3 is 2.42 bits per heavy atom. The summed E-state index contributed by atoms with van der Waals surface area (Å²) in [5.41, 5.74) is -0.00758. The molecular formula is C28H38ClF2NO4. The summed E-state index contributed by atoms with van der Waals surface area (Å²) < 4.78 is 33.7. The molecule has 8 heteroatoms. The lowest BCUT2D eigenvalue weighted by Crippen LogP contribution is -2.77. The van der Waals surface area contributed by atoms with Gasteiger partial charge in [0.15, 0.2) is 0 Å². The van der Waals surface area contributed by atoms with Gasteiger partial charge in [-0.3, -0.25) is 9.59 Å². The highest BCUT2D eigenvalue weighted by molar-refractivity contribution is 6.31. The molecule has 0 heterocycles. The summed E-state index contributed by atoms with van der Waals surface area (Å²) in [6, 6.07) is 5.65. The quantitative estimate of drug-likeness (QED) is 0.434. The number of alkyl halides is 2. The van der Waals surface area contributed by atoms with Crippen LogP contribution in [-0.2, 0) is 26.2 Å². The van der Waals surface area contributed by atoms with Gasteiger partial charge in [0.25, 0.3) is 0 Å². The molecule has 1 aromatic carbocycles. The second-order valence-corrected chi connectivity index (χ2v) is 13.2. The van der Waals surface area contributed by atoms with E-state index in [1.165, 1.54) is 7.11 Å². The van der Waals surface area contributed by atoms with Gasteiger partial charge in [0.2, 0.25) is 11.8 Å². The molecule has 1 aromatic rings. The first-order chi connectivity index (χ1) is 16.7. The SMILES string of the molecule is COC(=O)C12CC(NC(=O)CC3(c4ccc(CCC(C)(C)C)c(Cl)c4)CCC(F)(F)CC3CO)(C1)C2. The van der Waals surface area contributed by atoms with Crippen molar-refractivity contribution >= 4 is 23.5 Å². The van der Waals surface area contributed by atoms with Gasteiger partial charge in [0, 0.05) is 41.8 Å². The number of carbonyl (C=O) groups excluding carboxylic acids is 2. The molecule has 200 valence electrons. The van der Waals surface area contributed by atoms with Gasteiger partial charge in [-0.05, 0) is 67.1 Å². The van der Waals surface area contributed by atoms with Crippen molar-refractivity contribution in [3.8, 4) is 0 Å². The highest BCUT2D eigenvalue weighted by Gasteiger charge is 2.73. The Morgan fingerprint density at radius 1 is 1.19 bits per heavy atom. The van der Waals surface area contributed by atoms with Crippen LogP contribution in [0.3, 0.4) is 0 Å². The number of halogens is 3. The fourth-order valence-corrected chi connectivity index (χ4v) is 7.05.